The normalized spacial score (nSPS) is 17.1. The Bertz CT molecular complexity index is 1310. The van der Waals surface area contributed by atoms with Crippen molar-refractivity contribution in [3.63, 3.8) is 0 Å². The number of hydrogen-bond acceptors (Lipinski definition) is 4. The zero-order valence-electron chi connectivity index (χ0n) is 20.9. The summed E-state index contributed by atoms with van der Waals surface area (Å²) >= 11 is 0. The number of hydrogen-bond donors (Lipinski definition) is 3. The molecule has 2 aromatic rings. The van der Waals surface area contributed by atoms with Crippen molar-refractivity contribution < 1.29 is 50.2 Å². The van der Waals surface area contributed by atoms with Gasteiger partial charge in [-0.2, -0.15) is 26.3 Å². The number of rotatable bonds is 9. The second-order valence-corrected chi connectivity index (χ2v) is 9.24. The number of aliphatic carboxylic acids is 1. The lowest BCUT2D eigenvalue weighted by Crippen LogP contribution is -2.47. The van der Waals surface area contributed by atoms with Gasteiger partial charge in [-0.3, -0.25) is 14.4 Å². The van der Waals surface area contributed by atoms with Crippen LogP contribution < -0.4 is 10.6 Å². The summed E-state index contributed by atoms with van der Waals surface area (Å²) in [5, 5.41) is 14.2. The molecule has 1 heterocycles. The Balaban J connectivity index is 2.02. The maximum absolute atomic E-state index is 14.0. The molecule has 0 spiro atoms. The Kier molecular flexibility index (Phi) is 9.21. The van der Waals surface area contributed by atoms with Crippen LogP contribution in [0, 0.1) is 24.6 Å². The van der Waals surface area contributed by atoms with E-state index in [1.165, 1.54) is 12.1 Å². The number of carbonyl (C=O) groups excluding carboxylic acids is 2. The summed E-state index contributed by atoms with van der Waals surface area (Å²) in [5.41, 5.74) is 1.36. The number of nitrogens with zero attached hydrogens (tertiary/aromatic N) is 1. The van der Waals surface area contributed by atoms with E-state index in [-0.39, 0.29) is 17.0 Å². The fraction of sp³-hybridized carbons (Fsp3) is 0.385. The Morgan fingerprint density at radius 2 is 1.60 bits per heavy atom. The smallest absolute Gasteiger partial charge is 0.389 e. The van der Waals surface area contributed by atoms with Gasteiger partial charge in [0, 0.05) is 24.0 Å². The van der Waals surface area contributed by atoms with Gasteiger partial charge in [-0.05, 0) is 37.5 Å². The van der Waals surface area contributed by atoms with Crippen molar-refractivity contribution in [3.8, 4) is 0 Å². The van der Waals surface area contributed by atoms with Crippen molar-refractivity contribution in [2.45, 2.75) is 51.1 Å². The first-order valence-corrected chi connectivity index (χ1v) is 12.0. The first-order valence-electron chi connectivity index (χ1n) is 12.0. The molecule has 0 fully saturated rings. The quantitative estimate of drug-likeness (QED) is 0.350. The van der Waals surface area contributed by atoms with E-state index in [9.17, 15) is 50.2 Å². The molecule has 1 aliphatic rings. The predicted octanol–water partition coefficient (Wildman–Crippen LogP) is 5.37. The summed E-state index contributed by atoms with van der Waals surface area (Å²) in [6.07, 6.45) is -17.1. The third-order valence-electron chi connectivity index (χ3n) is 6.28. The number of carbonyl (C=O) groups is 3. The molecule has 7 nitrogen and oxygen atoms in total. The summed E-state index contributed by atoms with van der Waals surface area (Å²) in [6, 6.07) is 9.91. The number of aryl methyl sites for hydroxylation is 1. The molecule has 2 aromatic carbocycles. The molecule has 216 valence electrons. The summed E-state index contributed by atoms with van der Waals surface area (Å²) in [6.45, 7) is 1.65. The molecular formula is C26H24F7N3O4. The van der Waals surface area contributed by atoms with Crippen LogP contribution in [0.5, 0.6) is 0 Å². The molecule has 1 unspecified atom stereocenters. The molecule has 0 aliphatic carbocycles. The second-order valence-electron chi connectivity index (χ2n) is 9.24. The average Bonchev–Trinajstić information content (AvgIpc) is 2.97. The van der Waals surface area contributed by atoms with Crippen LogP contribution in [0.4, 0.5) is 36.4 Å². The second kappa shape index (κ2) is 12.0. The number of alkyl halides is 6. The summed E-state index contributed by atoms with van der Waals surface area (Å²) in [4.78, 5) is 42.2. The molecule has 0 aromatic heterocycles. The SMILES string of the molecule is Cc1cccc2c1NC(=O)C(NC(=O)[C@H](CCC(F)(F)F)[C@H](CCC(F)(F)F)C(=O)O)N=C2c1cccc(F)c1. The molecule has 2 amide bonds. The first kappa shape index (κ1) is 30.6. The van der Waals surface area contributed by atoms with Crippen LogP contribution in [0.2, 0.25) is 0 Å². The highest BCUT2D eigenvalue weighted by Gasteiger charge is 2.41. The number of nitrogens with one attached hydrogen (secondary N) is 2. The largest absolute Gasteiger partial charge is 0.481 e. The number of halogens is 7. The third-order valence-corrected chi connectivity index (χ3v) is 6.28. The van der Waals surface area contributed by atoms with Crippen LogP contribution >= 0.6 is 0 Å². The van der Waals surface area contributed by atoms with Gasteiger partial charge in [0.1, 0.15) is 5.82 Å². The van der Waals surface area contributed by atoms with Crippen molar-refractivity contribution in [3.05, 3.63) is 65.0 Å². The van der Waals surface area contributed by atoms with Gasteiger partial charge >= 0.3 is 18.3 Å². The van der Waals surface area contributed by atoms with E-state index in [0.29, 0.717) is 11.1 Å². The van der Waals surface area contributed by atoms with Crippen LogP contribution in [0.15, 0.2) is 47.5 Å². The fourth-order valence-electron chi connectivity index (χ4n) is 4.34. The summed E-state index contributed by atoms with van der Waals surface area (Å²) < 4.78 is 91.4. The van der Waals surface area contributed by atoms with E-state index in [4.69, 9.17) is 0 Å². The number of para-hydroxylation sites is 1. The van der Waals surface area contributed by atoms with Crippen molar-refractivity contribution >= 4 is 29.2 Å². The molecule has 14 heteroatoms. The molecule has 3 rings (SSSR count). The van der Waals surface area contributed by atoms with Crippen molar-refractivity contribution in [1.82, 2.24) is 5.32 Å². The van der Waals surface area contributed by atoms with E-state index in [2.05, 4.69) is 15.6 Å². The van der Waals surface area contributed by atoms with Gasteiger partial charge in [-0.15, -0.1) is 0 Å². The van der Waals surface area contributed by atoms with Gasteiger partial charge in [0.25, 0.3) is 5.91 Å². The zero-order valence-corrected chi connectivity index (χ0v) is 20.9. The number of benzene rings is 2. The number of carboxylic acid groups (broad SMARTS) is 1. The average molecular weight is 575 g/mol. The van der Waals surface area contributed by atoms with Crippen LogP contribution in [0.25, 0.3) is 0 Å². The number of amides is 2. The monoisotopic (exact) mass is 575 g/mol. The Morgan fingerprint density at radius 1 is 1.00 bits per heavy atom. The summed E-state index contributed by atoms with van der Waals surface area (Å²) in [7, 11) is 0. The van der Waals surface area contributed by atoms with Crippen LogP contribution in [0.3, 0.4) is 0 Å². The van der Waals surface area contributed by atoms with E-state index >= 15 is 0 Å². The Morgan fingerprint density at radius 3 is 2.17 bits per heavy atom. The lowest BCUT2D eigenvalue weighted by Gasteiger charge is -2.25. The topological polar surface area (TPSA) is 108 Å². The van der Waals surface area contributed by atoms with E-state index in [1.807, 2.05) is 0 Å². The molecular weight excluding hydrogens is 551 g/mol. The molecule has 40 heavy (non-hydrogen) atoms. The molecule has 3 atom stereocenters. The molecule has 0 saturated heterocycles. The maximum atomic E-state index is 14.0. The van der Waals surface area contributed by atoms with Gasteiger partial charge < -0.3 is 15.7 Å². The minimum Gasteiger partial charge on any atom is -0.481 e. The highest BCUT2D eigenvalue weighted by Crippen LogP contribution is 2.33. The van der Waals surface area contributed by atoms with E-state index < -0.39 is 79.6 Å². The van der Waals surface area contributed by atoms with Crippen molar-refractivity contribution in [1.29, 1.82) is 0 Å². The lowest BCUT2D eigenvalue weighted by atomic mass is 9.84. The molecule has 0 saturated carbocycles. The minimum atomic E-state index is -4.84. The van der Waals surface area contributed by atoms with Gasteiger partial charge in [-0.25, -0.2) is 9.38 Å². The molecule has 3 N–H and O–H groups in total. The molecule has 0 bridgehead atoms. The van der Waals surface area contributed by atoms with Gasteiger partial charge in [0.05, 0.1) is 23.2 Å². The highest BCUT2D eigenvalue weighted by atomic mass is 19.4. The maximum Gasteiger partial charge on any atom is 0.389 e. The standard InChI is InChI=1S/C26H24F7N3O4/c1-13-4-2-7-18-19(13)35-23(38)21(34-20(18)14-5-3-6-15(27)12-14)36-22(37)16(8-10-25(28,29)30)17(24(39)40)9-11-26(31,32)33/h2-7,12,16-17,21H,8-11H2,1H3,(H,35,38)(H,36,37)(H,39,40)/t16-,17+,21?/m1/s1. The number of anilines is 1. The first-order chi connectivity index (χ1) is 18.6. The molecule has 1 aliphatic heterocycles. The van der Waals surface area contributed by atoms with E-state index in [1.54, 1.807) is 25.1 Å². The Labute approximate surface area is 223 Å². The van der Waals surface area contributed by atoms with Crippen LogP contribution in [-0.2, 0) is 14.4 Å². The van der Waals surface area contributed by atoms with Gasteiger partial charge in [0.2, 0.25) is 12.1 Å². The predicted molar refractivity (Wildman–Crippen MR) is 129 cm³/mol. The number of carboxylic acids is 1. The van der Waals surface area contributed by atoms with Crippen LogP contribution in [0.1, 0.15) is 42.4 Å². The Hall–Kier alpha value is -3.97. The third kappa shape index (κ3) is 8.02. The van der Waals surface area contributed by atoms with Crippen molar-refractivity contribution in [2.75, 3.05) is 5.32 Å². The van der Waals surface area contributed by atoms with E-state index in [0.717, 1.165) is 12.1 Å². The summed E-state index contributed by atoms with van der Waals surface area (Å²) in [5.74, 6) is -9.11. The number of benzodiazepines with no additional fused rings is 1. The minimum absolute atomic E-state index is 0.0283. The lowest BCUT2D eigenvalue weighted by molar-refractivity contribution is -0.159. The fourth-order valence-corrected chi connectivity index (χ4v) is 4.34. The van der Waals surface area contributed by atoms with Gasteiger partial charge in [0.15, 0.2) is 0 Å². The number of fused-ring (bicyclic) bond motifs is 1. The zero-order chi connectivity index (χ0) is 29.8. The van der Waals surface area contributed by atoms with Gasteiger partial charge in [-0.1, -0.05) is 30.3 Å². The number of aliphatic imine (C=N–C) groups is 1. The van der Waals surface area contributed by atoms with Crippen molar-refractivity contribution in [2.24, 2.45) is 16.8 Å². The molecule has 0 radical (unpaired) electrons. The van der Waals surface area contributed by atoms with Crippen LogP contribution in [-0.4, -0.2) is 47.1 Å². The highest BCUT2D eigenvalue weighted by molar-refractivity contribution is 6.20.